The first-order valence-electron chi connectivity index (χ1n) is 6.78. The van der Waals surface area contributed by atoms with Gasteiger partial charge in [0, 0.05) is 25.5 Å². The molecule has 19 heavy (non-hydrogen) atoms. The fourth-order valence-electron chi connectivity index (χ4n) is 1.87. The average molecular weight is 259 g/mol. The number of aromatic nitrogens is 2. The van der Waals surface area contributed by atoms with Crippen LogP contribution in [0.25, 0.3) is 0 Å². The molecule has 0 spiro atoms. The van der Waals surface area contributed by atoms with Gasteiger partial charge in [-0.1, -0.05) is 30.3 Å². The first-order valence-corrected chi connectivity index (χ1v) is 6.78. The van der Waals surface area contributed by atoms with Crippen LogP contribution in [0, 0.1) is 0 Å². The van der Waals surface area contributed by atoms with Gasteiger partial charge in [-0.15, -0.1) is 0 Å². The van der Waals surface area contributed by atoms with Gasteiger partial charge in [0.1, 0.15) is 0 Å². The molecule has 0 bridgehead atoms. The van der Waals surface area contributed by atoms with Crippen LogP contribution in [0.15, 0.2) is 42.7 Å². The van der Waals surface area contributed by atoms with E-state index in [-0.39, 0.29) is 0 Å². The number of nitrogens with one attached hydrogen (secondary N) is 1. The lowest BCUT2D eigenvalue weighted by Gasteiger charge is -2.08. The third kappa shape index (κ3) is 4.41. The molecule has 0 aliphatic rings. The maximum atomic E-state index is 5.63. The molecule has 0 saturated carbocycles. The highest BCUT2D eigenvalue weighted by Crippen LogP contribution is 2.06. The van der Waals surface area contributed by atoms with Gasteiger partial charge in [0.2, 0.25) is 0 Å². The summed E-state index contributed by atoms with van der Waals surface area (Å²) in [5.41, 5.74) is 1.31. The van der Waals surface area contributed by atoms with Crippen molar-refractivity contribution < 1.29 is 4.74 Å². The Bertz CT molecular complexity index is 467. The zero-order valence-electron chi connectivity index (χ0n) is 11.4. The maximum absolute atomic E-state index is 5.63. The average Bonchev–Trinajstić information content (AvgIpc) is 2.91. The monoisotopic (exact) mass is 259 g/mol. The Labute approximate surface area is 114 Å². The van der Waals surface area contributed by atoms with Crippen molar-refractivity contribution in [3.8, 4) is 6.01 Å². The van der Waals surface area contributed by atoms with Crippen molar-refractivity contribution in [2.45, 2.75) is 26.4 Å². The van der Waals surface area contributed by atoms with E-state index in [1.165, 1.54) is 5.56 Å². The molecule has 4 nitrogen and oxygen atoms in total. The van der Waals surface area contributed by atoms with Crippen LogP contribution in [0.2, 0.25) is 0 Å². The van der Waals surface area contributed by atoms with Crippen LogP contribution in [-0.4, -0.2) is 22.7 Å². The maximum Gasteiger partial charge on any atom is 0.296 e. The highest BCUT2D eigenvalue weighted by atomic mass is 16.5. The summed E-state index contributed by atoms with van der Waals surface area (Å²) in [5.74, 6) is 0. The van der Waals surface area contributed by atoms with Crippen molar-refractivity contribution in [2.24, 2.45) is 0 Å². The SMILES string of the molecule is CCn1ccnc1OCCCNCc1ccccc1. The summed E-state index contributed by atoms with van der Waals surface area (Å²) < 4.78 is 7.63. The van der Waals surface area contributed by atoms with Crippen molar-refractivity contribution in [3.63, 3.8) is 0 Å². The second-order valence-corrected chi connectivity index (χ2v) is 4.36. The second kappa shape index (κ2) is 7.59. The van der Waals surface area contributed by atoms with Crippen LogP contribution in [0.3, 0.4) is 0 Å². The number of benzene rings is 1. The van der Waals surface area contributed by atoms with Gasteiger partial charge < -0.3 is 14.6 Å². The van der Waals surface area contributed by atoms with Gasteiger partial charge in [-0.3, -0.25) is 0 Å². The lowest BCUT2D eigenvalue weighted by molar-refractivity contribution is 0.272. The van der Waals surface area contributed by atoms with Gasteiger partial charge in [-0.05, 0) is 25.5 Å². The normalized spacial score (nSPS) is 10.6. The molecule has 0 aliphatic heterocycles. The smallest absolute Gasteiger partial charge is 0.296 e. The molecule has 0 unspecified atom stereocenters. The summed E-state index contributed by atoms with van der Waals surface area (Å²) in [5, 5.41) is 3.40. The fourth-order valence-corrected chi connectivity index (χ4v) is 1.87. The van der Waals surface area contributed by atoms with Crippen LogP contribution >= 0.6 is 0 Å². The summed E-state index contributed by atoms with van der Waals surface area (Å²) in [6.07, 6.45) is 4.68. The number of aryl methyl sites for hydroxylation is 1. The van der Waals surface area contributed by atoms with E-state index in [1.807, 2.05) is 16.8 Å². The zero-order chi connectivity index (χ0) is 13.3. The van der Waals surface area contributed by atoms with Crippen LogP contribution in [0.1, 0.15) is 18.9 Å². The van der Waals surface area contributed by atoms with Gasteiger partial charge in [-0.25, -0.2) is 4.98 Å². The van der Waals surface area contributed by atoms with E-state index in [0.29, 0.717) is 12.6 Å². The molecule has 4 heteroatoms. The van der Waals surface area contributed by atoms with E-state index in [4.69, 9.17) is 4.74 Å². The van der Waals surface area contributed by atoms with E-state index < -0.39 is 0 Å². The Morgan fingerprint density at radius 3 is 2.89 bits per heavy atom. The number of hydrogen-bond donors (Lipinski definition) is 1. The molecule has 2 rings (SSSR count). The van der Waals surface area contributed by atoms with Crippen LogP contribution < -0.4 is 10.1 Å². The fraction of sp³-hybridized carbons (Fsp3) is 0.400. The van der Waals surface area contributed by atoms with E-state index in [1.54, 1.807) is 6.20 Å². The third-order valence-corrected chi connectivity index (χ3v) is 2.92. The topological polar surface area (TPSA) is 39.1 Å². The molecule has 0 radical (unpaired) electrons. The van der Waals surface area contributed by atoms with Crippen molar-refractivity contribution in [2.75, 3.05) is 13.2 Å². The number of ether oxygens (including phenoxy) is 1. The molecule has 1 N–H and O–H groups in total. The van der Waals surface area contributed by atoms with Crippen LogP contribution in [0.5, 0.6) is 6.01 Å². The molecular weight excluding hydrogens is 238 g/mol. The van der Waals surface area contributed by atoms with Crippen molar-refractivity contribution in [1.82, 2.24) is 14.9 Å². The largest absolute Gasteiger partial charge is 0.465 e. The van der Waals surface area contributed by atoms with Crippen LogP contribution in [-0.2, 0) is 13.1 Å². The van der Waals surface area contributed by atoms with Gasteiger partial charge >= 0.3 is 0 Å². The van der Waals surface area contributed by atoms with Gasteiger partial charge in [-0.2, -0.15) is 0 Å². The van der Waals surface area contributed by atoms with Crippen LogP contribution in [0.4, 0.5) is 0 Å². The number of rotatable bonds is 8. The molecule has 1 heterocycles. The number of nitrogens with zero attached hydrogens (tertiary/aromatic N) is 2. The van der Waals surface area contributed by atoms with E-state index in [0.717, 1.165) is 26.1 Å². The van der Waals surface area contributed by atoms with Gasteiger partial charge in [0.25, 0.3) is 6.01 Å². The molecule has 1 aromatic carbocycles. The Balaban J connectivity index is 1.58. The second-order valence-electron chi connectivity index (χ2n) is 4.36. The molecule has 1 aromatic heterocycles. The molecule has 0 amide bonds. The molecular formula is C15H21N3O. The Morgan fingerprint density at radius 2 is 2.11 bits per heavy atom. The van der Waals surface area contributed by atoms with E-state index >= 15 is 0 Å². The molecule has 0 aliphatic carbocycles. The minimum absolute atomic E-state index is 0.693. The van der Waals surface area contributed by atoms with Crippen molar-refractivity contribution in [3.05, 3.63) is 48.3 Å². The lowest BCUT2D eigenvalue weighted by atomic mass is 10.2. The molecule has 0 saturated heterocycles. The molecule has 102 valence electrons. The minimum atomic E-state index is 0.693. The first kappa shape index (κ1) is 13.6. The molecule has 0 fully saturated rings. The Hall–Kier alpha value is -1.81. The predicted molar refractivity (Wildman–Crippen MR) is 76.2 cm³/mol. The summed E-state index contributed by atoms with van der Waals surface area (Å²) in [7, 11) is 0. The molecule has 0 atom stereocenters. The van der Waals surface area contributed by atoms with E-state index in [9.17, 15) is 0 Å². The zero-order valence-corrected chi connectivity index (χ0v) is 11.4. The first-order chi connectivity index (χ1) is 9.40. The summed E-state index contributed by atoms with van der Waals surface area (Å²) in [6, 6.07) is 11.1. The van der Waals surface area contributed by atoms with Gasteiger partial charge in [0.05, 0.1) is 6.61 Å². The predicted octanol–water partition coefficient (Wildman–Crippen LogP) is 2.46. The summed E-state index contributed by atoms with van der Waals surface area (Å²) in [4.78, 5) is 4.17. The quantitative estimate of drug-likeness (QED) is 0.740. The standard InChI is InChI=1S/C15H21N3O/c1-2-18-11-10-17-15(18)19-12-6-9-16-13-14-7-4-3-5-8-14/h3-5,7-8,10-11,16H,2,6,9,12-13H2,1H3. The highest BCUT2D eigenvalue weighted by molar-refractivity contribution is 5.14. The molecule has 2 aromatic rings. The summed E-state index contributed by atoms with van der Waals surface area (Å²) >= 11 is 0. The highest BCUT2D eigenvalue weighted by Gasteiger charge is 2.00. The van der Waals surface area contributed by atoms with Crippen molar-refractivity contribution >= 4 is 0 Å². The number of imidazole rings is 1. The third-order valence-electron chi connectivity index (χ3n) is 2.92. The van der Waals surface area contributed by atoms with Gasteiger partial charge in [0.15, 0.2) is 0 Å². The lowest BCUT2D eigenvalue weighted by Crippen LogP contribution is -2.17. The van der Waals surface area contributed by atoms with E-state index in [2.05, 4.69) is 41.5 Å². The van der Waals surface area contributed by atoms with Crippen molar-refractivity contribution in [1.29, 1.82) is 0 Å². The Morgan fingerprint density at radius 1 is 1.26 bits per heavy atom. The minimum Gasteiger partial charge on any atom is -0.465 e. The summed E-state index contributed by atoms with van der Waals surface area (Å²) in [6.45, 7) is 5.52. The number of hydrogen-bond acceptors (Lipinski definition) is 3. The Kier molecular flexibility index (Phi) is 5.44.